The molecule has 1 heterocycles. The lowest BCUT2D eigenvalue weighted by atomic mass is 9.95. The molecule has 1 aromatic rings. The van der Waals surface area contributed by atoms with E-state index in [-0.39, 0.29) is 17.8 Å². The van der Waals surface area contributed by atoms with Crippen molar-refractivity contribution >= 4 is 33.6 Å². The van der Waals surface area contributed by atoms with Crippen LogP contribution in [0.5, 0.6) is 0 Å². The number of amides is 2. The van der Waals surface area contributed by atoms with Crippen molar-refractivity contribution in [3.63, 3.8) is 0 Å². The minimum absolute atomic E-state index is 0.0153. The molecule has 0 saturated carbocycles. The van der Waals surface area contributed by atoms with E-state index in [2.05, 4.69) is 21.2 Å². The van der Waals surface area contributed by atoms with Crippen LogP contribution in [0, 0.1) is 0 Å². The van der Waals surface area contributed by atoms with E-state index in [0.717, 1.165) is 0 Å². The number of urea groups is 1. The lowest BCUT2D eigenvalue weighted by Gasteiger charge is -2.36. The number of halogens is 1. The molecule has 114 valence electrons. The molecule has 0 spiro atoms. The Morgan fingerprint density at radius 1 is 1.43 bits per heavy atom. The first-order valence-electron chi connectivity index (χ1n) is 6.60. The number of para-hydroxylation sites is 1. The fourth-order valence-corrected chi connectivity index (χ4v) is 2.87. The van der Waals surface area contributed by atoms with Gasteiger partial charge in [0.25, 0.3) is 0 Å². The van der Waals surface area contributed by atoms with Crippen LogP contribution in [0.25, 0.3) is 0 Å². The average Bonchev–Trinajstić information content (AvgIpc) is 2.39. The molecule has 1 fully saturated rings. The molecule has 1 saturated heterocycles. The highest BCUT2D eigenvalue weighted by molar-refractivity contribution is 9.10. The largest absolute Gasteiger partial charge is 0.478 e. The van der Waals surface area contributed by atoms with Crippen LogP contribution in [-0.4, -0.2) is 45.8 Å². The number of nitrogens with zero attached hydrogens (tertiary/aromatic N) is 1. The van der Waals surface area contributed by atoms with Crippen molar-refractivity contribution in [1.82, 2.24) is 4.90 Å². The Bertz CT molecular complexity index is 574. The SMILES string of the molecule is CC1(O)CCCN(C(=O)Nc2c(Br)cccc2C(=O)O)C1. The molecule has 3 N–H and O–H groups in total. The number of β-amino-alcohol motifs (C(OH)–C–C–N with tert-alkyl or cyclic N) is 1. The summed E-state index contributed by atoms with van der Waals surface area (Å²) in [5, 5.41) is 21.8. The number of rotatable bonds is 2. The Hall–Kier alpha value is -1.60. The van der Waals surface area contributed by atoms with Gasteiger partial charge in [-0.1, -0.05) is 6.07 Å². The maximum atomic E-state index is 12.3. The zero-order valence-electron chi connectivity index (χ0n) is 11.6. The van der Waals surface area contributed by atoms with Gasteiger partial charge >= 0.3 is 12.0 Å². The van der Waals surface area contributed by atoms with Gasteiger partial charge < -0.3 is 20.4 Å². The molecule has 1 unspecified atom stereocenters. The predicted octanol–water partition coefficient (Wildman–Crippen LogP) is 2.53. The molecule has 1 aromatic carbocycles. The number of anilines is 1. The Kier molecular flexibility index (Phi) is 4.53. The van der Waals surface area contributed by atoms with Crippen molar-refractivity contribution in [2.45, 2.75) is 25.4 Å². The standard InChI is InChI=1S/C14H17BrN2O4/c1-14(21)6-3-7-17(8-14)13(20)16-11-9(12(18)19)4-2-5-10(11)15/h2,4-5,21H,3,6-8H2,1H3,(H,16,20)(H,18,19). The molecule has 0 bridgehead atoms. The lowest BCUT2D eigenvalue weighted by Crippen LogP contribution is -2.50. The Morgan fingerprint density at radius 2 is 2.14 bits per heavy atom. The highest BCUT2D eigenvalue weighted by Gasteiger charge is 2.31. The first-order valence-corrected chi connectivity index (χ1v) is 7.39. The minimum atomic E-state index is -1.11. The Balaban J connectivity index is 2.18. The third kappa shape index (κ3) is 3.74. The predicted molar refractivity (Wildman–Crippen MR) is 81.6 cm³/mol. The summed E-state index contributed by atoms with van der Waals surface area (Å²) >= 11 is 3.24. The van der Waals surface area contributed by atoms with Crippen LogP contribution in [0.4, 0.5) is 10.5 Å². The summed E-state index contributed by atoms with van der Waals surface area (Å²) in [6, 6.07) is 4.27. The molecule has 21 heavy (non-hydrogen) atoms. The number of benzene rings is 1. The van der Waals surface area contributed by atoms with Crippen molar-refractivity contribution < 1.29 is 19.8 Å². The van der Waals surface area contributed by atoms with Crippen molar-refractivity contribution in [2.75, 3.05) is 18.4 Å². The van der Waals surface area contributed by atoms with E-state index in [1.165, 1.54) is 11.0 Å². The highest BCUT2D eigenvalue weighted by Crippen LogP contribution is 2.28. The molecular weight excluding hydrogens is 340 g/mol. The van der Waals surface area contributed by atoms with E-state index in [1.807, 2.05) is 0 Å². The molecule has 1 aliphatic rings. The normalized spacial score (nSPS) is 22.0. The summed E-state index contributed by atoms with van der Waals surface area (Å²) in [6.07, 6.45) is 1.36. The van der Waals surface area contributed by atoms with Gasteiger partial charge in [-0.3, -0.25) is 0 Å². The second-order valence-corrected chi connectivity index (χ2v) is 6.27. The van der Waals surface area contributed by atoms with E-state index in [1.54, 1.807) is 19.1 Å². The van der Waals surface area contributed by atoms with Crippen LogP contribution >= 0.6 is 15.9 Å². The summed E-state index contributed by atoms with van der Waals surface area (Å²) in [6.45, 7) is 2.45. The van der Waals surface area contributed by atoms with Gasteiger partial charge in [0.2, 0.25) is 0 Å². The van der Waals surface area contributed by atoms with E-state index in [9.17, 15) is 19.8 Å². The number of hydrogen-bond acceptors (Lipinski definition) is 3. The summed E-state index contributed by atoms with van der Waals surface area (Å²) in [5.74, 6) is -1.11. The molecule has 6 nitrogen and oxygen atoms in total. The quantitative estimate of drug-likeness (QED) is 0.759. The number of carboxylic acids is 1. The van der Waals surface area contributed by atoms with Crippen molar-refractivity contribution in [3.8, 4) is 0 Å². The zero-order valence-corrected chi connectivity index (χ0v) is 13.2. The monoisotopic (exact) mass is 356 g/mol. The van der Waals surface area contributed by atoms with Crippen LogP contribution in [0.2, 0.25) is 0 Å². The number of aliphatic hydroxyl groups is 1. The van der Waals surface area contributed by atoms with E-state index >= 15 is 0 Å². The van der Waals surface area contributed by atoms with E-state index < -0.39 is 17.6 Å². The van der Waals surface area contributed by atoms with Gasteiger partial charge in [0.05, 0.1) is 23.4 Å². The van der Waals surface area contributed by atoms with Crippen LogP contribution < -0.4 is 5.32 Å². The van der Waals surface area contributed by atoms with Crippen molar-refractivity contribution in [3.05, 3.63) is 28.2 Å². The average molecular weight is 357 g/mol. The topological polar surface area (TPSA) is 89.9 Å². The number of carbonyl (C=O) groups excluding carboxylic acids is 1. The molecular formula is C14H17BrN2O4. The summed E-state index contributed by atoms with van der Waals surface area (Å²) in [5.41, 5.74) is -0.666. The minimum Gasteiger partial charge on any atom is -0.478 e. The highest BCUT2D eigenvalue weighted by atomic mass is 79.9. The van der Waals surface area contributed by atoms with Crippen LogP contribution in [-0.2, 0) is 0 Å². The van der Waals surface area contributed by atoms with Crippen LogP contribution in [0.3, 0.4) is 0 Å². The Labute approximate surface area is 130 Å². The molecule has 0 aromatic heterocycles. The number of likely N-dealkylation sites (tertiary alicyclic amines) is 1. The summed E-state index contributed by atoms with van der Waals surface area (Å²) in [4.78, 5) is 25.0. The molecule has 1 aliphatic heterocycles. The number of hydrogen-bond donors (Lipinski definition) is 3. The molecule has 2 amide bonds. The summed E-state index contributed by atoms with van der Waals surface area (Å²) in [7, 11) is 0. The number of piperidine rings is 1. The second-order valence-electron chi connectivity index (χ2n) is 5.42. The molecule has 0 radical (unpaired) electrons. The third-order valence-electron chi connectivity index (χ3n) is 3.44. The molecule has 2 rings (SSSR count). The van der Waals surface area contributed by atoms with E-state index in [4.69, 9.17) is 0 Å². The van der Waals surface area contributed by atoms with Gasteiger partial charge in [-0.15, -0.1) is 0 Å². The maximum Gasteiger partial charge on any atom is 0.337 e. The van der Waals surface area contributed by atoms with E-state index in [0.29, 0.717) is 23.9 Å². The second kappa shape index (κ2) is 6.03. The fourth-order valence-electron chi connectivity index (χ4n) is 2.41. The fraction of sp³-hybridized carbons (Fsp3) is 0.429. The third-order valence-corrected chi connectivity index (χ3v) is 4.10. The first kappa shape index (κ1) is 15.8. The van der Waals surface area contributed by atoms with Crippen LogP contribution in [0.1, 0.15) is 30.1 Å². The first-order chi connectivity index (χ1) is 9.80. The van der Waals surface area contributed by atoms with Crippen molar-refractivity contribution in [1.29, 1.82) is 0 Å². The van der Waals surface area contributed by atoms with Gasteiger partial charge in [-0.25, -0.2) is 9.59 Å². The lowest BCUT2D eigenvalue weighted by molar-refractivity contribution is -0.000648. The van der Waals surface area contributed by atoms with Gasteiger partial charge in [0.1, 0.15) is 0 Å². The molecule has 1 atom stereocenters. The van der Waals surface area contributed by atoms with Gasteiger partial charge in [-0.2, -0.15) is 0 Å². The van der Waals surface area contributed by atoms with Crippen molar-refractivity contribution in [2.24, 2.45) is 0 Å². The molecule has 7 heteroatoms. The zero-order chi connectivity index (χ0) is 15.6. The number of carboxylic acid groups (broad SMARTS) is 1. The smallest absolute Gasteiger partial charge is 0.337 e. The number of carbonyl (C=O) groups is 2. The van der Waals surface area contributed by atoms with Crippen LogP contribution in [0.15, 0.2) is 22.7 Å². The Morgan fingerprint density at radius 3 is 2.76 bits per heavy atom. The number of nitrogens with one attached hydrogen (secondary N) is 1. The molecule has 0 aliphatic carbocycles. The van der Waals surface area contributed by atoms with Gasteiger partial charge in [-0.05, 0) is 47.8 Å². The van der Waals surface area contributed by atoms with Gasteiger partial charge in [0, 0.05) is 11.0 Å². The number of aromatic carboxylic acids is 1. The maximum absolute atomic E-state index is 12.3. The van der Waals surface area contributed by atoms with Gasteiger partial charge in [0.15, 0.2) is 0 Å². The summed E-state index contributed by atoms with van der Waals surface area (Å²) < 4.78 is 0.500.